The molecule has 10 unspecified atom stereocenters. The summed E-state index contributed by atoms with van der Waals surface area (Å²) >= 11 is 0. The summed E-state index contributed by atoms with van der Waals surface area (Å²) in [5, 5.41) is 21.2. The van der Waals surface area contributed by atoms with Crippen molar-refractivity contribution < 1.29 is 29.0 Å². The molecule has 0 aromatic rings. The molecule has 7 heteroatoms. The lowest BCUT2D eigenvalue weighted by atomic mass is 9.33. The maximum atomic E-state index is 14.5. The van der Waals surface area contributed by atoms with E-state index in [0.717, 1.165) is 18.4 Å². The Balaban J connectivity index is 1.52. The largest absolute Gasteiger partial charge is 0.469 e. The third-order valence-electron chi connectivity index (χ3n) is 13.5. The van der Waals surface area contributed by atoms with Crippen LogP contribution in [-0.4, -0.2) is 47.6 Å². The van der Waals surface area contributed by atoms with Gasteiger partial charge in [0, 0.05) is 16.7 Å². The number of aliphatic hydroxyl groups is 1. The maximum absolute atomic E-state index is 14.5. The minimum atomic E-state index is -1.44. The van der Waals surface area contributed by atoms with Gasteiger partial charge in [-0.3, -0.25) is 14.4 Å². The van der Waals surface area contributed by atoms with Crippen LogP contribution in [0.5, 0.6) is 0 Å². The van der Waals surface area contributed by atoms with Crippen molar-refractivity contribution in [1.29, 1.82) is 5.26 Å². The third kappa shape index (κ3) is 2.79. The first-order valence-electron chi connectivity index (χ1n) is 14.6. The number of ether oxygens (including phenoxy) is 2. The van der Waals surface area contributed by atoms with Crippen molar-refractivity contribution in [2.75, 3.05) is 7.11 Å². The summed E-state index contributed by atoms with van der Waals surface area (Å²) in [5.74, 6) is -1.09. The number of carbonyl (C=O) groups excluding carboxylic acids is 3. The predicted octanol–water partition coefficient (Wildman–Crippen LogP) is 4.56. The molecule has 0 spiro atoms. The number of esters is 1. The van der Waals surface area contributed by atoms with E-state index in [-0.39, 0.29) is 40.7 Å². The van der Waals surface area contributed by atoms with Crippen LogP contribution in [0.4, 0.5) is 0 Å². The normalized spacial score (nSPS) is 52.5. The summed E-state index contributed by atoms with van der Waals surface area (Å²) in [5.41, 5.74) is -3.91. The van der Waals surface area contributed by atoms with Crippen LogP contribution in [0, 0.1) is 61.6 Å². The summed E-state index contributed by atoms with van der Waals surface area (Å²) in [6.45, 7) is 14.6. The van der Waals surface area contributed by atoms with Gasteiger partial charge in [0.15, 0.2) is 11.6 Å². The number of rotatable bonds is 1. The molecule has 5 aliphatic carbocycles. The molecule has 0 aromatic heterocycles. The Morgan fingerprint density at radius 2 is 1.74 bits per heavy atom. The molecule has 1 aliphatic heterocycles. The van der Waals surface area contributed by atoms with Gasteiger partial charge >= 0.3 is 5.97 Å². The summed E-state index contributed by atoms with van der Waals surface area (Å²) in [6.07, 6.45) is 4.35. The minimum absolute atomic E-state index is 0.0231. The number of nitriles is 1. The molecule has 0 radical (unpaired) electrons. The second kappa shape index (κ2) is 7.42. The van der Waals surface area contributed by atoms with Crippen LogP contribution in [-0.2, 0) is 23.9 Å². The zero-order chi connectivity index (χ0) is 28.8. The lowest BCUT2D eigenvalue weighted by Crippen LogP contribution is -2.68. The van der Waals surface area contributed by atoms with Crippen LogP contribution in [0.2, 0.25) is 0 Å². The second-order valence-electron chi connectivity index (χ2n) is 15.6. The van der Waals surface area contributed by atoms with Crippen LogP contribution in [0.1, 0.15) is 87.0 Å². The Bertz CT molecular complexity index is 1280. The van der Waals surface area contributed by atoms with Crippen molar-refractivity contribution in [3.05, 3.63) is 11.6 Å². The molecule has 39 heavy (non-hydrogen) atoms. The van der Waals surface area contributed by atoms with Gasteiger partial charge in [-0.05, 0) is 72.7 Å². The number of allylic oxidation sites excluding steroid dienone is 1. The van der Waals surface area contributed by atoms with E-state index in [0.29, 0.717) is 25.7 Å². The topological polar surface area (TPSA) is 117 Å². The quantitative estimate of drug-likeness (QED) is 0.385. The Morgan fingerprint density at radius 3 is 2.36 bits per heavy atom. The number of epoxide rings is 1. The van der Waals surface area contributed by atoms with E-state index in [9.17, 15) is 24.8 Å². The fourth-order valence-corrected chi connectivity index (χ4v) is 11.0. The monoisotopic (exact) mass is 537 g/mol. The fraction of sp³-hybridized carbons (Fsp3) is 0.812. The molecule has 6 aliphatic rings. The molecule has 1 heterocycles. The van der Waals surface area contributed by atoms with Crippen LogP contribution in [0.25, 0.3) is 0 Å². The molecule has 0 bridgehead atoms. The number of aliphatic hydroxyl groups excluding tert-OH is 1. The van der Waals surface area contributed by atoms with E-state index < -0.39 is 44.9 Å². The number of hydrogen-bond acceptors (Lipinski definition) is 7. The van der Waals surface area contributed by atoms with E-state index >= 15 is 0 Å². The highest BCUT2D eigenvalue weighted by Crippen LogP contribution is 2.77. The van der Waals surface area contributed by atoms with Crippen LogP contribution in [0.3, 0.4) is 0 Å². The van der Waals surface area contributed by atoms with E-state index in [2.05, 4.69) is 26.8 Å². The lowest BCUT2D eigenvalue weighted by molar-refractivity contribution is -0.204. The molecule has 0 amide bonds. The standard InChI is InChI=1S/C32H43NO6/c1-26(2)14-17-22-18(34)13-20-28(5,29(22,6)11-12-31(17,15-21(26)35)25(37)38-8)10-9-19-27(3,4)23(36)32(16-33)24(39-32)30(19,20)7/h13,17,19,21-22,24,35H,9-12,14-15H2,1-8H3. The zero-order valence-corrected chi connectivity index (χ0v) is 24.6. The van der Waals surface area contributed by atoms with E-state index in [1.54, 1.807) is 0 Å². The molecule has 6 rings (SSSR count). The molecule has 212 valence electrons. The zero-order valence-electron chi connectivity index (χ0n) is 24.6. The molecular weight excluding hydrogens is 494 g/mol. The minimum Gasteiger partial charge on any atom is -0.469 e. The van der Waals surface area contributed by atoms with Gasteiger partial charge in [0.2, 0.25) is 5.60 Å². The first-order chi connectivity index (χ1) is 17.9. The summed E-state index contributed by atoms with van der Waals surface area (Å²) in [4.78, 5) is 41.4. The fourth-order valence-electron chi connectivity index (χ4n) is 11.0. The van der Waals surface area contributed by atoms with Crippen LogP contribution >= 0.6 is 0 Å². The van der Waals surface area contributed by atoms with Gasteiger partial charge in [-0.25, -0.2) is 0 Å². The van der Waals surface area contributed by atoms with Gasteiger partial charge in [-0.1, -0.05) is 54.0 Å². The van der Waals surface area contributed by atoms with Crippen molar-refractivity contribution in [3.63, 3.8) is 0 Å². The smallest absolute Gasteiger partial charge is 0.312 e. The molecule has 1 N–H and O–H groups in total. The van der Waals surface area contributed by atoms with Crippen LogP contribution in [0.15, 0.2) is 11.6 Å². The van der Waals surface area contributed by atoms with Gasteiger partial charge in [0.05, 0.1) is 18.6 Å². The predicted molar refractivity (Wildman–Crippen MR) is 142 cm³/mol. The molecular formula is C32H43NO6. The number of nitrogens with zero attached hydrogens (tertiary/aromatic N) is 1. The van der Waals surface area contributed by atoms with Crippen molar-refractivity contribution in [2.24, 2.45) is 50.2 Å². The Kier molecular flexibility index (Phi) is 5.16. The summed E-state index contributed by atoms with van der Waals surface area (Å²) in [6, 6.07) is 2.22. The van der Waals surface area contributed by atoms with Gasteiger partial charge in [0.25, 0.3) is 0 Å². The summed E-state index contributed by atoms with van der Waals surface area (Å²) < 4.78 is 11.4. The SMILES string of the molecule is COC(=O)C12CCC3(C)C(C(=O)C=C4C5(C)C(CCC43C)C(C)(C)C(=O)C3(C#N)OC35)C1CC(C)(C)C(O)C2. The molecule has 4 saturated carbocycles. The van der Waals surface area contributed by atoms with E-state index in [1.807, 2.05) is 33.8 Å². The number of ketones is 2. The highest BCUT2D eigenvalue weighted by Gasteiger charge is 2.82. The Morgan fingerprint density at radius 1 is 1.08 bits per heavy atom. The van der Waals surface area contributed by atoms with Crippen molar-refractivity contribution in [3.8, 4) is 6.07 Å². The lowest BCUT2D eigenvalue weighted by Gasteiger charge is -2.69. The van der Waals surface area contributed by atoms with Crippen molar-refractivity contribution in [2.45, 2.75) is 105 Å². The number of methoxy groups -OCH3 is 1. The first-order valence-corrected chi connectivity index (χ1v) is 14.6. The third-order valence-corrected chi connectivity index (χ3v) is 13.5. The average molecular weight is 538 g/mol. The summed E-state index contributed by atoms with van der Waals surface area (Å²) in [7, 11) is 1.40. The molecule has 10 atom stereocenters. The van der Waals surface area contributed by atoms with Crippen molar-refractivity contribution in [1.82, 2.24) is 0 Å². The molecule has 1 saturated heterocycles. The Labute approximate surface area is 231 Å². The second-order valence-corrected chi connectivity index (χ2v) is 15.6. The highest BCUT2D eigenvalue weighted by atomic mass is 16.6. The van der Waals surface area contributed by atoms with Crippen LogP contribution < -0.4 is 0 Å². The first kappa shape index (κ1) is 27.1. The van der Waals surface area contributed by atoms with Gasteiger partial charge < -0.3 is 14.6 Å². The maximum Gasteiger partial charge on any atom is 0.312 e. The highest BCUT2D eigenvalue weighted by molar-refractivity contribution is 6.01. The van der Waals surface area contributed by atoms with E-state index in [1.165, 1.54) is 7.11 Å². The van der Waals surface area contributed by atoms with Crippen molar-refractivity contribution >= 4 is 17.5 Å². The Hall–Kier alpha value is -2.04. The molecule has 7 nitrogen and oxygen atoms in total. The number of fused-ring (bicyclic) bond motifs is 9. The average Bonchev–Trinajstić information content (AvgIpc) is 3.62. The number of carbonyl (C=O) groups is 3. The van der Waals surface area contributed by atoms with Gasteiger partial charge in [-0.15, -0.1) is 0 Å². The van der Waals surface area contributed by atoms with E-state index in [4.69, 9.17) is 9.47 Å². The van der Waals surface area contributed by atoms with Gasteiger partial charge in [0.1, 0.15) is 12.2 Å². The molecule has 0 aromatic carbocycles. The molecule has 5 fully saturated rings. The number of Topliss-reactive ketones (excluding diaryl/α,β-unsaturated/α-hetero) is 1. The number of hydrogen-bond donors (Lipinski definition) is 1. The van der Waals surface area contributed by atoms with Gasteiger partial charge in [-0.2, -0.15) is 5.26 Å².